The summed E-state index contributed by atoms with van der Waals surface area (Å²) in [5, 5.41) is 6.12. The van der Waals surface area contributed by atoms with Gasteiger partial charge in [0.15, 0.2) is 11.5 Å². The van der Waals surface area contributed by atoms with E-state index < -0.39 is 0 Å². The fraction of sp³-hybridized carbons (Fsp3) is 0.200. The highest BCUT2D eigenvalue weighted by atomic mass is 16.5. The zero-order chi connectivity index (χ0) is 19.7. The Kier molecular flexibility index (Phi) is 4.93. The summed E-state index contributed by atoms with van der Waals surface area (Å²) in [7, 11) is 3.36. The van der Waals surface area contributed by atoms with Crippen LogP contribution in [0.5, 0.6) is 11.5 Å². The zero-order valence-corrected chi connectivity index (χ0v) is 16.4. The predicted molar refractivity (Wildman–Crippen MR) is 117 cm³/mol. The van der Waals surface area contributed by atoms with Gasteiger partial charge in [0.05, 0.1) is 20.3 Å². The summed E-state index contributed by atoms with van der Waals surface area (Å²) in [4.78, 5) is 0. The standard InChI is InChI=1S/C25H25NO2/c1-5-16-13-22(20-10-8-7-9-19(20)18(16)6-2)25-21-15-24(28-4)23(27-3)14-17(21)11-12-26-25/h5-10,13-15,25-26H,1-2,11-12H2,3-4H3. The first-order valence-electron chi connectivity index (χ1n) is 9.50. The lowest BCUT2D eigenvalue weighted by molar-refractivity contribution is 0.353. The van der Waals surface area contributed by atoms with Crippen molar-refractivity contribution in [2.24, 2.45) is 0 Å². The maximum absolute atomic E-state index is 5.57. The molecule has 1 heterocycles. The van der Waals surface area contributed by atoms with Crippen molar-refractivity contribution in [1.29, 1.82) is 0 Å². The highest BCUT2D eigenvalue weighted by Gasteiger charge is 2.26. The molecule has 3 heteroatoms. The number of methoxy groups -OCH3 is 2. The number of hydrogen-bond donors (Lipinski definition) is 1. The lowest BCUT2D eigenvalue weighted by Gasteiger charge is -2.30. The molecular weight excluding hydrogens is 346 g/mol. The van der Waals surface area contributed by atoms with Crippen LogP contribution in [-0.2, 0) is 6.42 Å². The summed E-state index contributed by atoms with van der Waals surface area (Å²) < 4.78 is 11.1. The normalized spacial score (nSPS) is 15.7. The first-order valence-corrected chi connectivity index (χ1v) is 9.50. The SMILES string of the molecule is C=Cc1cc(C2NCCc3cc(OC)c(OC)cc32)c2ccccc2c1C=C. The second-order valence-corrected chi connectivity index (χ2v) is 6.97. The topological polar surface area (TPSA) is 30.5 Å². The number of benzene rings is 3. The smallest absolute Gasteiger partial charge is 0.161 e. The highest BCUT2D eigenvalue weighted by Crippen LogP contribution is 2.40. The van der Waals surface area contributed by atoms with E-state index in [1.165, 1.54) is 27.5 Å². The van der Waals surface area contributed by atoms with E-state index in [-0.39, 0.29) is 6.04 Å². The maximum Gasteiger partial charge on any atom is 0.161 e. The van der Waals surface area contributed by atoms with Crippen molar-refractivity contribution in [2.75, 3.05) is 20.8 Å². The number of fused-ring (bicyclic) bond motifs is 2. The first-order chi connectivity index (χ1) is 13.7. The molecule has 3 aromatic rings. The third kappa shape index (κ3) is 2.88. The molecule has 1 unspecified atom stereocenters. The molecule has 0 spiro atoms. The number of ether oxygens (including phenoxy) is 2. The van der Waals surface area contributed by atoms with Gasteiger partial charge in [0.1, 0.15) is 0 Å². The molecule has 0 saturated carbocycles. The van der Waals surface area contributed by atoms with Gasteiger partial charge in [-0.05, 0) is 63.2 Å². The molecule has 1 aliphatic heterocycles. The van der Waals surface area contributed by atoms with Crippen LogP contribution in [0.3, 0.4) is 0 Å². The van der Waals surface area contributed by atoms with Crippen LogP contribution < -0.4 is 14.8 Å². The third-order valence-electron chi connectivity index (χ3n) is 5.58. The van der Waals surface area contributed by atoms with Crippen molar-refractivity contribution >= 4 is 22.9 Å². The van der Waals surface area contributed by atoms with E-state index in [0.717, 1.165) is 35.6 Å². The molecule has 0 aliphatic carbocycles. The van der Waals surface area contributed by atoms with Gasteiger partial charge < -0.3 is 14.8 Å². The average molecular weight is 371 g/mol. The predicted octanol–water partition coefficient (Wildman–Crippen LogP) is 5.38. The van der Waals surface area contributed by atoms with Crippen molar-refractivity contribution in [1.82, 2.24) is 5.32 Å². The molecule has 142 valence electrons. The van der Waals surface area contributed by atoms with Crippen molar-refractivity contribution in [2.45, 2.75) is 12.5 Å². The first kappa shape index (κ1) is 18.3. The minimum absolute atomic E-state index is 0.0750. The van der Waals surface area contributed by atoms with E-state index in [9.17, 15) is 0 Å². The summed E-state index contributed by atoms with van der Waals surface area (Å²) >= 11 is 0. The van der Waals surface area contributed by atoms with Gasteiger partial charge >= 0.3 is 0 Å². The molecule has 0 fully saturated rings. The Morgan fingerprint density at radius 2 is 1.64 bits per heavy atom. The lowest BCUT2D eigenvalue weighted by Crippen LogP contribution is -2.31. The minimum Gasteiger partial charge on any atom is -0.493 e. The third-order valence-corrected chi connectivity index (χ3v) is 5.58. The molecule has 0 saturated heterocycles. The Morgan fingerprint density at radius 3 is 2.32 bits per heavy atom. The van der Waals surface area contributed by atoms with E-state index in [2.05, 4.69) is 60.9 Å². The van der Waals surface area contributed by atoms with E-state index in [1.807, 2.05) is 12.2 Å². The van der Waals surface area contributed by atoms with Crippen LogP contribution in [-0.4, -0.2) is 20.8 Å². The van der Waals surface area contributed by atoms with Crippen molar-refractivity contribution in [3.8, 4) is 11.5 Å². The molecule has 1 aliphatic rings. The van der Waals surface area contributed by atoms with Crippen molar-refractivity contribution < 1.29 is 9.47 Å². The number of hydrogen-bond acceptors (Lipinski definition) is 3. The molecule has 28 heavy (non-hydrogen) atoms. The molecular formula is C25H25NO2. The van der Waals surface area contributed by atoms with Gasteiger partial charge in [-0.25, -0.2) is 0 Å². The Bertz CT molecular complexity index is 1070. The largest absolute Gasteiger partial charge is 0.493 e. The molecule has 1 atom stereocenters. The molecule has 0 aromatic heterocycles. The van der Waals surface area contributed by atoms with Crippen LogP contribution in [0.1, 0.15) is 33.9 Å². The zero-order valence-electron chi connectivity index (χ0n) is 16.4. The number of nitrogens with one attached hydrogen (secondary N) is 1. The van der Waals surface area contributed by atoms with Gasteiger partial charge in [-0.15, -0.1) is 0 Å². The van der Waals surface area contributed by atoms with Gasteiger partial charge in [0, 0.05) is 6.54 Å². The molecule has 0 amide bonds. The van der Waals surface area contributed by atoms with Crippen LogP contribution in [0.15, 0.2) is 55.6 Å². The fourth-order valence-corrected chi connectivity index (χ4v) is 4.24. The second kappa shape index (κ2) is 7.53. The minimum atomic E-state index is 0.0750. The summed E-state index contributed by atoms with van der Waals surface area (Å²) in [6.45, 7) is 8.95. The Balaban J connectivity index is 1.98. The summed E-state index contributed by atoms with van der Waals surface area (Å²) in [6.07, 6.45) is 4.79. The summed E-state index contributed by atoms with van der Waals surface area (Å²) in [5.74, 6) is 1.53. The van der Waals surface area contributed by atoms with E-state index in [1.54, 1.807) is 14.2 Å². The molecule has 0 radical (unpaired) electrons. The van der Waals surface area contributed by atoms with Gasteiger partial charge in [-0.2, -0.15) is 0 Å². The van der Waals surface area contributed by atoms with E-state index >= 15 is 0 Å². The second-order valence-electron chi connectivity index (χ2n) is 6.97. The van der Waals surface area contributed by atoms with Crippen LogP contribution in [0.4, 0.5) is 0 Å². The van der Waals surface area contributed by atoms with E-state index in [4.69, 9.17) is 9.47 Å². The van der Waals surface area contributed by atoms with Crippen LogP contribution in [0, 0.1) is 0 Å². The molecule has 3 aromatic carbocycles. The monoisotopic (exact) mass is 371 g/mol. The Labute approximate surface area is 166 Å². The molecule has 4 rings (SSSR count). The molecule has 1 N–H and O–H groups in total. The molecule has 0 bridgehead atoms. The van der Waals surface area contributed by atoms with Gasteiger partial charge in [0.25, 0.3) is 0 Å². The number of rotatable bonds is 5. The molecule has 3 nitrogen and oxygen atoms in total. The average Bonchev–Trinajstić information content (AvgIpc) is 2.76. The van der Waals surface area contributed by atoms with Crippen molar-refractivity contribution in [3.63, 3.8) is 0 Å². The van der Waals surface area contributed by atoms with Crippen LogP contribution >= 0.6 is 0 Å². The Hall–Kier alpha value is -3.04. The highest BCUT2D eigenvalue weighted by molar-refractivity contribution is 5.96. The van der Waals surface area contributed by atoms with Gasteiger partial charge in [-0.3, -0.25) is 0 Å². The summed E-state index contributed by atoms with van der Waals surface area (Å²) in [5.41, 5.74) is 5.98. The van der Waals surface area contributed by atoms with Gasteiger partial charge in [0.2, 0.25) is 0 Å². The lowest BCUT2D eigenvalue weighted by atomic mass is 9.84. The van der Waals surface area contributed by atoms with Crippen LogP contribution in [0.25, 0.3) is 22.9 Å². The van der Waals surface area contributed by atoms with Crippen molar-refractivity contribution in [3.05, 3.63) is 83.4 Å². The van der Waals surface area contributed by atoms with Gasteiger partial charge in [-0.1, -0.05) is 49.6 Å². The Morgan fingerprint density at radius 1 is 0.929 bits per heavy atom. The maximum atomic E-state index is 5.57. The summed E-state index contributed by atoms with van der Waals surface area (Å²) in [6, 6.07) is 15.0. The fourth-order valence-electron chi connectivity index (χ4n) is 4.24. The quantitative estimate of drug-likeness (QED) is 0.653. The van der Waals surface area contributed by atoms with Crippen LogP contribution in [0.2, 0.25) is 0 Å². The van der Waals surface area contributed by atoms with E-state index in [0.29, 0.717) is 0 Å².